The van der Waals surface area contributed by atoms with E-state index in [-0.39, 0.29) is 89.4 Å². The highest BCUT2D eigenvalue weighted by Gasteiger charge is 2.13. The fraction of sp³-hybridized carbons (Fsp3) is 0.569. The fourth-order valence-electron chi connectivity index (χ4n) is 3.97. The Balaban J connectivity index is -0.000000140. The van der Waals surface area contributed by atoms with Gasteiger partial charge < -0.3 is 29.1 Å². The van der Waals surface area contributed by atoms with Gasteiger partial charge in [0.05, 0.1) is 17.3 Å². The zero-order chi connectivity index (χ0) is 54.3. The van der Waals surface area contributed by atoms with E-state index in [0.29, 0.717) is 52.4 Å². The van der Waals surface area contributed by atoms with Gasteiger partial charge in [-0.2, -0.15) is 25.0 Å². The number of thiophene rings is 1. The van der Waals surface area contributed by atoms with Crippen LogP contribution in [0.15, 0.2) is 71.4 Å². The number of hydroxylamine groups is 2. The summed E-state index contributed by atoms with van der Waals surface area (Å²) >= 11 is 2.90. The van der Waals surface area contributed by atoms with Gasteiger partial charge in [-0.1, -0.05) is 153 Å². The maximum Gasteiger partial charge on any atom is 0.280 e. The number of nitrogens with one attached hydrogen (secondary N) is 5. The molecule has 6 rings (SSSR count). The Hall–Kier alpha value is -6.84. The molecule has 0 saturated heterocycles. The molecular weight excluding hydrogens is 1010 g/mol. The van der Waals surface area contributed by atoms with Crippen molar-refractivity contribution in [3.8, 4) is 23.4 Å². The highest BCUT2D eigenvalue weighted by Crippen LogP contribution is 2.26. The van der Waals surface area contributed by atoms with Gasteiger partial charge in [-0.25, -0.2) is 11.0 Å². The molecule has 5 aromatic rings. The van der Waals surface area contributed by atoms with Crippen molar-refractivity contribution in [1.29, 1.82) is 5.26 Å². The molecule has 430 valence electrons. The monoisotopic (exact) mass is 1100 g/mol. The summed E-state index contributed by atoms with van der Waals surface area (Å²) in [5.74, 6) is 4.33. The van der Waals surface area contributed by atoms with Crippen LogP contribution in [-0.2, 0) is 14.4 Å². The number of aromatic nitrogens is 6. The zero-order valence-electron chi connectivity index (χ0n) is 42.9. The van der Waals surface area contributed by atoms with Crippen molar-refractivity contribution in [2.75, 3.05) is 0 Å². The number of amidine groups is 1. The first-order chi connectivity index (χ1) is 32.6. The Morgan fingerprint density at radius 1 is 0.747 bits per heavy atom. The quantitative estimate of drug-likeness (QED) is 0.0302. The molecule has 0 bridgehead atoms. The number of carbonyl (C=O) groups excluding carboxylic acids is 2. The molecule has 0 aromatic carbocycles. The van der Waals surface area contributed by atoms with Gasteiger partial charge in [0, 0.05) is 57.4 Å². The summed E-state index contributed by atoms with van der Waals surface area (Å²) in [5, 5.41) is 63.7. The highest BCUT2D eigenvalue weighted by molar-refractivity contribution is 7.10. The third-order valence-corrected chi connectivity index (χ3v) is 10.0. The summed E-state index contributed by atoms with van der Waals surface area (Å²) < 4.78 is 13.5. The van der Waals surface area contributed by atoms with E-state index in [1.165, 1.54) is 34.2 Å². The normalized spacial score (nSPS) is 10.2. The smallest absolute Gasteiger partial charge is 0.280 e. The van der Waals surface area contributed by atoms with E-state index >= 15 is 0 Å². The van der Waals surface area contributed by atoms with E-state index in [4.69, 9.17) is 39.6 Å². The minimum absolute atomic E-state index is 0. The first kappa shape index (κ1) is 82.2. The highest BCUT2D eigenvalue weighted by atomic mass is 32.1. The molecule has 5 aromatic heterocycles. The predicted octanol–water partition coefficient (Wildman–Crippen LogP) is 12.0. The molecule has 0 atom stereocenters. The van der Waals surface area contributed by atoms with Crippen LogP contribution in [0.3, 0.4) is 0 Å². The van der Waals surface area contributed by atoms with E-state index in [1.807, 2.05) is 80.6 Å². The van der Waals surface area contributed by atoms with E-state index in [2.05, 4.69) is 61.1 Å². The van der Waals surface area contributed by atoms with Crippen LogP contribution < -0.4 is 27.3 Å². The van der Waals surface area contributed by atoms with Gasteiger partial charge in [-0.3, -0.25) is 29.7 Å². The van der Waals surface area contributed by atoms with E-state index < -0.39 is 0 Å². The molecule has 1 aliphatic heterocycles. The molecule has 0 fully saturated rings. The third-order valence-electron chi connectivity index (χ3n) is 8.18. The van der Waals surface area contributed by atoms with E-state index in [1.54, 1.807) is 56.0 Å². The third kappa shape index (κ3) is 36.7. The van der Waals surface area contributed by atoms with Crippen molar-refractivity contribution in [2.45, 2.75) is 178 Å². The second-order valence-corrected chi connectivity index (χ2v) is 18.7. The number of hydrogen-bond donors (Lipinski definition) is 9. The summed E-state index contributed by atoms with van der Waals surface area (Å²) in [7, 11) is 0. The van der Waals surface area contributed by atoms with Gasteiger partial charge in [0.25, 0.3) is 5.56 Å². The van der Waals surface area contributed by atoms with E-state index in [0.717, 1.165) is 23.6 Å². The number of tetrazole rings is 1. The second-order valence-electron chi connectivity index (χ2n) is 17.1. The molecule has 24 heteroatoms. The summed E-state index contributed by atoms with van der Waals surface area (Å²) in [5.41, 5.74) is 4.98. The van der Waals surface area contributed by atoms with Crippen LogP contribution in [0.4, 0.5) is 0 Å². The van der Waals surface area contributed by atoms with Crippen molar-refractivity contribution >= 4 is 40.5 Å². The van der Waals surface area contributed by atoms with Crippen LogP contribution in [0.25, 0.3) is 0 Å². The Morgan fingerprint density at radius 2 is 1.32 bits per heavy atom. The van der Waals surface area contributed by atoms with Gasteiger partial charge in [-0.15, -0.1) is 21.5 Å². The molecular formula is C51H93N11O11S2. The molecule has 9 N–H and O–H groups in total. The first-order valence-corrected chi connectivity index (χ1v) is 23.8. The lowest BCUT2D eigenvalue weighted by Gasteiger charge is -2.01. The Labute approximate surface area is 454 Å². The number of H-pyrrole nitrogens is 2. The Bertz CT molecular complexity index is 2410. The number of nitriles is 1. The lowest BCUT2D eigenvalue weighted by molar-refractivity contribution is -0.132. The van der Waals surface area contributed by atoms with Crippen molar-refractivity contribution < 1.29 is 43.9 Å². The van der Waals surface area contributed by atoms with Crippen LogP contribution in [0.2, 0.25) is 0 Å². The van der Waals surface area contributed by atoms with Crippen molar-refractivity contribution in [1.82, 2.24) is 46.4 Å². The Kier molecular flexibility index (Phi) is 48.9. The standard InChI is InChI=1S/C8H10O3.C7H10OS.C6H10N2O.C6H9NO2.C6H9NOS.C5H8N2O.C4H8N4.C4H9NO2.5CH4/c1-5(2)6-3-11-4-7(9)8(6)10;1-5(2)7-3-6(8)4-9-7;1-4(2)6-7-5(3)9-8-6;1-4(2)5-3-6(8)7-9-5;1-4(2)6-5(8)3-9-7-6;1-4(2)5(8)7-3-6;1-3(2)4-5-7-8-6-4;1-3(2)4(6)5-7;;;;;/h3-5,9H,1-2H3;3-5,8H,1-2H3;4H,3H2,1-2H3,(H,7,8);3-4H,1-2H3,(H,7,8);3-4,8H,1-2H3;4H,1-2H3,(H,7,8);3H,1-2H3,(H,5,6,7,8);3,7H,1-2H3,(H,5,6);5*1H4. The average molecular weight is 1100 g/mol. The number of aliphatic imine (C=N–C) groups is 1. The van der Waals surface area contributed by atoms with Gasteiger partial charge in [0.2, 0.25) is 23.1 Å². The average Bonchev–Trinajstić information content (AvgIpc) is 4.16. The maximum atomic E-state index is 11.1. The summed E-state index contributed by atoms with van der Waals surface area (Å²) in [6, 6.07) is 3.28. The number of rotatable bonds is 8. The molecule has 0 radical (unpaired) electrons. The van der Waals surface area contributed by atoms with Crippen LogP contribution in [-0.4, -0.2) is 68.3 Å². The van der Waals surface area contributed by atoms with Gasteiger partial charge >= 0.3 is 0 Å². The molecule has 2 amide bonds. The zero-order valence-corrected chi connectivity index (χ0v) is 44.6. The van der Waals surface area contributed by atoms with Crippen LogP contribution in [0.5, 0.6) is 17.2 Å². The summed E-state index contributed by atoms with van der Waals surface area (Å²) in [6.45, 7) is 34.4. The van der Waals surface area contributed by atoms with E-state index in [9.17, 15) is 19.2 Å². The summed E-state index contributed by atoms with van der Waals surface area (Å²) in [4.78, 5) is 52.1. The second kappa shape index (κ2) is 44.6. The molecule has 0 spiro atoms. The van der Waals surface area contributed by atoms with Gasteiger partial charge in [0.1, 0.15) is 29.4 Å². The molecule has 0 unspecified atom stereocenters. The lowest BCUT2D eigenvalue weighted by atomic mass is 10.1. The molecule has 1 aliphatic rings. The summed E-state index contributed by atoms with van der Waals surface area (Å²) in [6.07, 6.45) is 3.95. The van der Waals surface area contributed by atoms with Gasteiger partial charge in [0.15, 0.2) is 17.8 Å². The van der Waals surface area contributed by atoms with Crippen molar-refractivity contribution in [2.24, 2.45) is 22.7 Å². The molecule has 6 heterocycles. The van der Waals surface area contributed by atoms with Crippen LogP contribution in [0, 0.1) is 29.2 Å². The van der Waals surface area contributed by atoms with Crippen molar-refractivity contribution in [3.05, 3.63) is 96.2 Å². The predicted molar refractivity (Wildman–Crippen MR) is 303 cm³/mol. The topological polar surface area (TPSA) is 340 Å². The van der Waals surface area contributed by atoms with Crippen LogP contribution in [0.1, 0.15) is 205 Å². The number of aromatic hydroxyl groups is 3. The number of amides is 2. The minimum atomic E-state index is -0.347. The lowest BCUT2D eigenvalue weighted by Crippen LogP contribution is -2.23. The van der Waals surface area contributed by atoms with Crippen molar-refractivity contribution in [3.63, 3.8) is 0 Å². The molecule has 0 saturated carbocycles. The fourth-order valence-corrected chi connectivity index (χ4v) is 5.45. The maximum absolute atomic E-state index is 11.1. The Morgan fingerprint density at radius 3 is 1.53 bits per heavy atom. The largest absolute Gasteiger partial charge is 0.507 e. The number of nitrogens with zero attached hydrogens (tertiary/aromatic N) is 6. The minimum Gasteiger partial charge on any atom is -0.507 e. The van der Waals surface area contributed by atoms with Crippen LogP contribution >= 0.6 is 22.9 Å². The number of hydrogen-bond acceptors (Lipinski definition) is 20. The first-order valence-electron chi connectivity index (χ1n) is 22.1. The number of aromatic amines is 2. The molecule has 0 aliphatic carbocycles. The molecule has 22 nitrogen and oxygen atoms in total. The number of carbonyl (C=O) groups is 2. The van der Waals surface area contributed by atoms with Gasteiger partial charge in [-0.05, 0) is 36.0 Å². The SMILES string of the molecule is C.C.C.C.C.C=C1N=C(C(C)C)NO1.CC(C)C(=O)NC#N.CC(C)C(=O)NO.CC(C)c1cc(=O)[nH]o1.CC(C)c1cc(O)cs1.CC(C)c1cocc(O)c1=O.CC(C)c1nn[nH]n1.CC(C)c1nscc1O. The molecule has 75 heavy (non-hydrogen) atoms.